The van der Waals surface area contributed by atoms with Gasteiger partial charge < -0.3 is 23.4 Å². The number of hydrogen-bond donors (Lipinski definition) is 1. The third-order valence-corrected chi connectivity index (χ3v) is 10.7. The van der Waals surface area contributed by atoms with Crippen molar-refractivity contribution >= 4 is 38.0 Å². The molecule has 10 heteroatoms. The molecule has 1 aliphatic heterocycles. The van der Waals surface area contributed by atoms with Gasteiger partial charge in [-0.2, -0.15) is 0 Å². The zero-order valence-corrected chi connectivity index (χ0v) is 18.0. The second kappa shape index (κ2) is 8.61. The van der Waals surface area contributed by atoms with Crippen molar-refractivity contribution in [2.75, 3.05) is 31.7 Å². The molecule has 1 aliphatic rings. The molecular weight excluding hydrogens is 396 g/mol. The minimum atomic E-state index is -4.08. The van der Waals surface area contributed by atoms with Crippen molar-refractivity contribution in [3.05, 3.63) is 29.8 Å². The van der Waals surface area contributed by atoms with Gasteiger partial charge >= 0.3 is 15.2 Å². The quantitative estimate of drug-likeness (QED) is 0.417. The van der Waals surface area contributed by atoms with E-state index in [9.17, 15) is 9.13 Å². The summed E-state index contributed by atoms with van der Waals surface area (Å²) in [6.07, 6.45) is 0. The van der Waals surface area contributed by atoms with Crippen molar-refractivity contribution < 1.29 is 27.2 Å². The lowest BCUT2D eigenvalue weighted by atomic mass is 10.2. The van der Waals surface area contributed by atoms with E-state index < -0.39 is 20.2 Å². The molecule has 0 fully saturated rings. The highest BCUT2D eigenvalue weighted by Gasteiger charge is 2.71. The first-order valence-corrected chi connectivity index (χ1v) is 12.1. The zero-order chi connectivity index (χ0) is 19.4. The molecule has 0 aliphatic carbocycles. The molecule has 1 N–H and O–H groups in total. The molecule has 1 aromatic carbocycles. The number of hydrogen-bond acceptors (Lipinski definition) is 8. The van der Waals surface area contributed by atoms with Gasteiger partial charge in [-0.05, 0) is 33.8 Å². The normalized spacial score (nSPS) is 16.4. The molecule has 1 aromatic rings. The van der Waals surface area contributed by atoms with Crippen molar-refractivity contribution in [3.63, 3.8) is 0 Å². The third-order valence-electron chi connectivity index (χ3n) is 3.79. The summed E-state index contributed by atoms with van der Waals surface area (Å²) in [5.74, 6) is 0. The Bertz CT molecular complexity index is 706. The molecule has 0 unspecified atom stereocenters. The van der Waals surface area contributed by atoms with Crippen molar-refractivity contribution in [2.45, 2.75) is 32.7 Å². The maximum Gasteiger partial charge on any atom is 0.373 e. The fourth-order valence-electron chi connectivity index (χ4n) is 2.89. The van der Waals surface area contributed by atoms with Crippen LogP contribution in [0.25, 0.3) is 0 Å². The van der Waals surface area contributed by atoms with Crippen molar-refractivity contribution in [1.82, 2.24) is 0 Å². The highest BCUT2D eigenvalue weighted by atomic mass is 32.1. The largest absolute Gasteiger partial charge is 0.373 e. The van der Waals surface area contributed by atoms with Gasteiger partial charge in [0.05, 0.1) is 31.3 Å². The lowest BCUT2D eigenvalue weighted by molar-refractivity contribution is 0.192. The van der Waals surface area contributed by atoms with E-state index in [-0.39, 0.29) is 31.3 Å². The zero-order valence-electron chi connectivity index (χ0n) is 15.4. The van der Waals surface area contributed by atoms with Gasteiger partial charge in [0.2, 0.25) is 0 Å². The molecule has 0 saturated heterocycles. The van der Waals surface area contributed by atoms with Crippen LogP contribution in [-0.2, 0) is 27.2 Å². The average molecular weight is 421 g/mol. The minimum absolute atomic E-state index is 0.0813. The molecule has 2 rings (SSSR count). The average Bonchev–Trinajstić information content (AvgIpc) is 2.91. The van der Waals surface area contributed by atoms with E-state index >= 15 is 0 Å². The number of benzene rings is 1. The summed E-state index contributed by atoms with van der Waals surface area (Å²) in [6, 6.07) is 7.11. The summed E-state index contributed by atoms with van der Waals surface area (Å²) in [5.41, 5.74) is 1.18. The van der Waals surface area contributed by atoms with Gasteiger partial charge in [0, 0.05) is 11.3 Å². The molecule has 0 bridgehead atoms. The van der Waals surface area contributed by atoms with Crippen LogP contribution in [0.3, 0.4) is 0 Å². The summed E-state index contributed by atoms with van der Waals surface area (Å²) in [5, 5.41) is 1.13. The lowest BCUT2D eigenvalue weighted by Crippen LogP contribution is -2.43. The molecule has 0 saturated carbocycles. The maximum atomic E-state index is 13.9. The molecular formula is C16H25NO6P2S. The van der Waals surface area contributed by atoms with Crippen molar-refractivity contribution in [3.8, 4) is 0 Å². The van der Waals surface area contributed by atoms with E-state index in [4.69, 9.17) is 30.3 Å². The number of nitrogens with one attached hydrogen (secondary N) is 1. The topological polar surface area (TPSA) is 83.1 Å². The molecule has 0 spiro atoms. The van der Waals surface area contributed by atoms with Crippen molar-refractivity contribution in [1.29, 1.82) is 0 Å². The van der Waals surface area contributed by atoms with Crippen LogP contribution < -0.4 is 5.32 Å². The smallest absolute Gasteiger partial charge is 0.354 e. The Morgan fingerprint density at radius 3 is 1.69 bits per heavy atom. The predicted octanol–water partition coefficient (Wildman–Crippen LogP) is 5.02. The van der Waals surface area contributed by atoms with Crippen LogP contribution in [0.15, 0.2) is 24.3 Å². The number of fused-ring (bicyclic) bond motifs is 1. The second-order valence-electron chi connectivity index (χ2n) is 5.34. The van der Waals surface area contributed by atoms with E-state index in [0.717, 1.165) is 0 Å². The minimum Gasteiger partial charge on any atom is -0.354 e. The van der Waals surface area contributed by atoms with Gasteiger partial charge in [-0.3, -0.25) is 9.13 Å². The van der Waals surface area contributed by atoms with Crippen LogP contribution in [0.5, 0.6) is 0 Å². The Morgan fingerprint density at radius 2 is 1.31 bits per heavy atom. The summed E-state index contributed by atoms with van der Waals surface area (Å²) in [6.45, 7) is 7.03. The van der Waals surface area contributed by atoms with Crippen LogP contribution in [-0.4, -0.2) is 36.3 Å². The summed E-state index contributed by atoms with van der Waals surface area (Å²) in [4.78, 5) is 0.142. The van der Waals surface area contributed by atoms with E-state index in [1.807, 2.05) is 0 Å². The predicted molar refractivity (Wildman–Crippen MR) is 106 cm³/mol. The Morgan fingerprint density at radius 1 is 0.885 bits per heavy atom. The Labute approximate surface area is 159 Å². The fraction of sp³-hybridized carbons (Fsp3) is 0.562. The lowest BCUT2D eigenvalue weighted by Gasteiger charge is -2.39. The molecule has 0 radical (unpaired) electrons. The monoisotopic (exact) mass is 421 g/mol. The molecule has 26 heavy (non-hydrogen) atoms. The first-order valence-electron chi connectivity index (χ1n) is 8.56. The standard InChI is InChI=1S/C16H25NO6P2S/c1-5-20-24(18,21-6-2)16(25(19,22-7-3)23-8-4)15(26)13-11-9-10-12-14(13)17-16/h9-12,17H,5-8H2,1-4H3. The first kappa shape index (κ1) is 21.7. The molecule has 0 aromatic heterocycles. The van der Waals surface area contributed by atoms with E-state index in [1.165, 1.54) is 0 Å². The maximum absolute atomic E-state index is 13.9. The van der Waals surface area contributed by atoms with Gasteiger partial charge in [0.15, 0.2) is 0 Å². The molecule has 0 amide bonds. The van der Waals surface area contributed by atoms with E-state index in [0.29, 0.717) is 11.3 Å². The van der Waals surface area contributed by atoms with Crippen LogP contribution >= 0.6 is 27.4 Å². The molecule has 0 atom stereocenters. The number of thiocarbonyl (C=S) groups is 1. The highest BCUT2D eigenvalue weighted by molar-refractivity contribution is 7.86. The number of anilines is 1. The van der Waals surface area contributed by atoms with Gasteiger partial charge in [0.1, 0.15) is 0 Å². The summed E-state index contributed by atoms with van der Waals surface area (Å²) < 4.78 is 50.0. The van der Waals surface area contributed by atoms with Crippen molar-refractivity contribution in [2.24, 2.45) is 0 Å². The summed E-state index contributed by atoms with van der Waals surface area (Å²) >= 11 is 5.63. The van der Waals surface area contributed by atoms with E-state index in [1.54, 1.807) is 52.0 Å². The SMILES string of the molecule is CCOP(=O)(OCC)C1(P(=O)(OCC)OCC)Nc2ccccc2C1=S. The Hall–Kier alpha value is -0.590. The third kappa shape index (κ3) is 3.33. The molecule has 1 heterocycles. The Balaban J connectivity index is 2.77. The number of rotatable bonds is 10. The van der Waals surface area contributed by atoms with Gasteiger partial charge in [-0.25, -0.2) is 0 Å². The number of para-hydroxylation sites is 1. The van der Waals surface area contributed by atoms with Crippen LogP contribution in [0.2, 0.25) is 0 Å². The first-order chi connectivity index (χ1) is 12.4. The van der Waals surface area contributed by atoms with Crippen LogP contribution in [0.1, 0.15) is 33.3 Å². The van der Waals surface area contributed by atoms with E-state index in [2.05, 4.69) is 5.32 Å². The highest BCUT2D eigenvalue weighted by Crippen LogP contribution is 2.79. The van der Waals surface area contributed by atoms with Gasteiger partial charge in [-0.15, -0.1) is 0 Å². The van der Waals surface area contributed by atoms with Crippen LogP contribution in [0, 0.1) is 0 Å². The fourth-order valence-corrected chi connectivity index (χ4v) is 9.19. The summed E-state index contributed by atoms with van der Waals surface area (Å²) in [7, 11) is -8.17. The Kier molecular flexibility index (Phi) is 7.19. The van der Waals surface area contributed by atoms with Gasteiger partial charge in [-0.1, -0.05) is 30.4 Å². The van der Waals surface area contributed by atoms with Crippen LogP contribution in [0.4, 0.5) is 5.69 Å². The second-order valence-corrected chi connectivity index (χ2v) is 10.5. The van der Waals surface area contributed by atoms with Gasteiger partial charge in [0.25, 0.3) is 5.02 Å². The molecule has 146 valence electrons. The molecule has 7 nitrogen and oxygen atoms in total.